The number of hydrogen-bond acceptors (Lipinski definition) is 5. The Morgan fingerprint density at radius 2 is 1.23 bits per heavy atom. The molecule has 0 radical (unpaired) electrons. The highest BCUT2D eigenvalue weighted by molar-refractivity contribution is 7.33. The fraction of sp³-hybridized carbons (Fsp3) is 0.667. The summed E-state index contributed by atoms with van der Waals surface area (Å²) in [6.07, 6.45) is 6.22. The summed E-state index contributed by atoms with van der Waals surface area (Å²) in [6, 6.07) is 0. The number of amides is 2. The van der Waals surface area contributed by atoms with Gasteiger partial charge in [-0.1, -0.05) is 39.8 Å². The number of unbranched alkanes of at least 4 members (excludes halogenated alkanes) is 2. The fourth-order valence-electron chi connectivity index (χ4n) is 2.11. The largest absolute Gasteiger partial charge is 0.697 e. The fourth-order valence-corrected chi connectivity index (χ4v) is 2.64. The molecule has 0 heterocycles. The van der Waals surface area contributed by atoms with Gasteiger partial charge in [-0.15, -0.1) is 9.05 Å². The Morgan fingerprint density at radius 3 is 1.54 bits per heavy atom. The molecule has 0 fully saturated rings. The molecule has 0 saturated carbocycles. The quantitative estimate of drug-likeness (QED) is 0.300. The molecule has 0 aromatic rings. The normalized spacial score (nSPS) is 10.2. The van der Waals surface area contributed by atoms with Crippen LogP contribution in [0.1, 0.15) is 39.5 Å². The summed E-state index contributed by atoms with van der Waals surface area (Å²) >= 11 is 0. The Labute approximate surface area is 158 Å². The van der Waals surface area contributed by atoms with Crippen molar-refractivity contribution in [2.75, 3.05) is 39.4 Å². The zero-order valence-electron chi connectivity index (χ0n) is 16.0. The lowest BCUT2D eigenvalue weighted by atomic mass is 10.3. The van der Waals surface area contributed by atoms with E-state index in [1.54, 1.807) is 9.80 Å². The first-order chi connectivity index (χ1) is 12.5. The van der Waals surface area contributed by atoms with Crippen molar-refractivity contribution in [3.05, 3.63) is 25.3 Å². The molecule has 8 heteroatoms. The molecule has 0 bridgehead atoms. The SMILES string of the molecule is C=CC(=O)N(CCCC)CCO[P+](=O)OCCN(CCCC)C(=O)C=C. The molecule has 148 valence electrons. The Bertz CT molecular complexity index is 430. The van der Waals surface area contributed by atoms with Crippen molar-refractivity contribution in [3.8, 4) is 0 Å². The first kappa shape index (κ1) is 24.4. The minimum Gasteiger partial charge on any atom is -0.337 e. The van der Waals surface area contributed by atoms with Crippen LogP contribution >= 0.6 is 8.25 Å². The molecule has 26 heavy (non-hydrogen) atoms. The van der Waals surface area contributed by atoms with Crippen LogP contribution in [0.2, 0.25) is 0 Å². The van der Waals surface area contributed by atoms with Crippen molar-refractivity contribution in [1.82, 2.24) is 9.80 Å². The second-order valence-corrected chi connectivity index (χ2v) is 6.62. The lowest BCUT2D eigenvalue weighted by Crippen LogP contribution is -2.33. The van der Waals surface area contributed by atoms with Crippen LogP contribution in [0.3, 0.4) is 0 Å². The first-order valence-corrected chi connectivity index (χ1v) is 10.1. The molecule has 2 amide bonds. The van der Waals surface area contributed by atoms with Crippen LogP contribution in [0.4, 0.5) is 0 Å². The van der Waals surface area contributed by atoms with Gasteiger partial charge in [-0.2, -0.15) is 0 Å². The van der Waals surface area contributed by atoms with Crippen molar-refractivity contribution in [2.45, 2.75) is 39.5 Å². The van der Waals surface area contributed by atoms with E-state index in [1.807, 2.05) is 13.8 Å². The topological polar surface area (TPSA) is 76.2 Å². The lowest BCUT2D eigenvalue weighted by molar-refractivity contribution is -0.127. The van der Waals surface area contributed by atoms with Gasteiger partial charge in [0.2, 0.25) is 11.8 Å². The minimum atomic E-state index is -2.29. The van der Waals surface area contributed by atoms with Gasteiger partial charge in [0.15, 0.2) is 0 Å². The van der Waals surface area contributed by atoms with E-state index in [4.69, 9.17) is 9.05 Å². The van der Waals surface area contributed by atoms with Gasteiger partial charge in [-0.05, 0) is 25.0 Å². The van der Waals surface area contributed by atoms with Crippen molar-refractivity contribution >= 4 is 20.1 Å². The van der Waals surface area contributed by atoms with E-state index in [1.165, 1.54) is 12.2 Å². The third kappa shape index (κ3) is 11.1. The zero-order valence-corrected chi connectivity index (χ0v) is 16.9. The average Bonchev–Trinajstić information content (AvgIpc) is 2.65. The molecule has 0 spiro atoms. The second kappa shape index (κ2) is 15.7. The van der Waals surface area contributed by atoms with Crippen molar-refractivity contribution in [3.63, 3.8) is 0 Å². The second-order valence-electron chi connectivity index (χ2n) is 5.66. The number of rotatable bonds is 16. The van der Waals surface area contributed by atoms with E-state index in [2.05, 4.69) is 13.2 Å². The molecule has 0 aliphatic carbocycles. The maximum absolute atomic E-state index is 11.8. The Morgan fingerprint density at radius 1 is 0.846 bits per heavy atom. The summed E-state index contributed by atoms with van der Waals surface area (Å²) in [4.78, 5) is 26.7. The van der Waals surface area contributed by atoms with Crippen LogP contribution < -0.4 is 0 Å². The molecule has 7 nitrogen and oxygen atoms in total. The van der Waals surface area contributed by atoms with E-state index in [-0.39, 0.29) is 25.0 Å². The molecule has 0 aliphatic rings. The summed E-state index contributed by atoms with van der Waals surface area (Å²) in [7, 11) is -2.29. The lowest BCUT2D eigenvalue weighted by Gasteiger charge is -2.19. The minimum absolute atomic E-state index is 0.115. The van der Waals surface area contributed by atoms with Crippen LogP contribution in [0.25, 0.3) is 0 Å². The van der Waals surface area contributed by atoms with Crippen molar-refractivity contribution in [2.24, 2.45) is 0 Å². The maximum Gasteiger partial charge on any atom is 0.697 e. The van der Waals surface area contributed by atoms with Gasteiger partial charge in [0.1, 0.15) is 13.2 Å². The van der Waals surface area contributed by atoms with E-state index in [9.17, 15) is 14.2 Å². The molecule has 0 aromatic carbocycles. The van der Waals surface area contributed by atoms with Gasteiger partial charge in [0, 0.05) is 30.7 Å². The van der Waals surface area contributed by atoms with Crippen molar-refractivity contribution < 1.29 is 23.2 Å². The van der Waals surface area contributed by atoms with Crippen LogP contribution in [0.15, 0.2) is 25.3 Å². The highest BCUT2D eigenvalue weighted by atomic mass is 31.1. The van der Waals surface area contributed by atoms with Crippen LogP contribution in [-0.4, -0.2) is 61.0 Å². The van der Waals surface area contributed by atoms with Gasteiger partial charge in [0.05, 0.1) is 0 Å². The molecule has 0 atom stereocenters. The smallest absolute Gasteiger partial charge is 0.337 e. The highest BCUT2D eigenvalue weighted by Gasteiger charge is 2.22. The maximum atomic E-state index is 11.8. The third-order valence-electron chi connectivity index (χ3n) is 3.65. The van der Waals surface area contributed by atoms with Gasteiger partial charge in [-0.3, -0.25) is 9.59 Å². The number of nitrogens with zero attached hydrogens (tertiary/aromatic N) is 2. The number of hydrogen-bond donors (Lipinski definition) is 0. The first-order valence-electron chi connectivity index (χ1n) is 9.05. The summed E-state index contributed by atoms with van der Waals surface area (Å²) in [5, 5.41) is 0. The highest BCUT2D eigenvalue weighted by Crippen LogP contribution is 2.23. The van der Waals surface area contributed by atoms with E-state index < -0.39 is 8.25 Å². The van der Waals surface area contributed by atoms with Crippen LogP contribution in [-0.2, 0) is 23.2 Å². The number of carbonyl (C=O) groups excluding carboxylic acids is 2. The molecule has 0 N–H and O–H groups in total. The summed E-state index contributed by atoms with van der Waals surface area (Å²) in [6.45, 7) is 13.1. The molecule has 0 unspecified atom stereocenters. The monoisotopic (exact) mass is 387 g/mol. The predicted octanol–water partition coefficient (Wildman–Crippen LogP) is 3.31. The van der Waals surface area contributed by atoms with Gasteiger partial charge < -0.3 is 9.80 Å². The number of carbonyl (C=O) groups is 2. The van der Waals surface area contributed by atoms with E-state index in [0.29, 0.717) is 26.2 Å². The summed E-state index contributed by atoms with van der Waals surface area (Å²) in [5.74, 6) is -0.347. The summed E-state index contributed by atoms with van der Waals surface area (Å²) < 4.78 is 22.0. The molecular formula is C18H32N2O5P+. The summed E-state index contributed by atoms with van der Waals surface area (Å²) in [5.41, 5.74) is 0. The van der Waals surface area contributed by atoms with Crippen LogP contribution in [0, 0.1) is 0 Å². The molecular weight excluding hydrogens is 355 g/mol. The molecule has 0 rings (SSSR count). The Balaban J connectivity index is 4.16. The van der Waals surface area contributed by atoms with Crippen LogP contribution in [0.5, 0.6) is 0 Å². The van der Waals surface area contributed by atoms with Gasteiger partial charge in [0.25, 0.3) is 0 Å². The van der Waals surface area contributed by atoms with Crippen molar-refractivity contribution in [1.29, 1.82) is 0 Å². The third-order valence-corrected chi connectivity index (χ3v) is 4.44. The average molecular weight is 387 g/mol. The molecule has 0 saturated heterocycles. The molecule has 0 aromatic heterocycles. The van der Waals surface area contributed by atoms with E-state index >= 15 is 0 Å². The van der Waals surface area contributed by atoms with Gasteiger partial charge >= 0.3 is 8.25 Å². The zero-order chi connectivity index (χ0) is 19.8. The molecule has 0 aliphatic heterocycles. The van der Waals surface area contributed by atoms with E-state index in [0.717, 1.165) is 25.7 Å². The van der Waals surface area contributed by atoms with Gasteiger partial charge in [-0.25, -0.2) is 0 Å². The standard InChI is InChI=1S/C18H32N2O5P/c1-5-9-11-19(17(21)7-3)13-15-24-26(23)25-16-14-20(12-10-6-2)18(22)8-4/h7-8H,3-6,9-16H2,1-2H3/q+1. The Kier molecular flexibility index (Phi) is 14.7. The predicted molar refractivity (Wildman–Crippen MR) is 103 cm³/mol. The Hall–Kier alpha value is -1.56.